The molecular formula is C9H16O5. The lowest BCUT2D eigenvalue weighted by Crippen LogP contribution is -2.70. The van der Waals surface area contributed by atoms with Crippen LogP contribution in [0.4, 0.5) is 0 Å². The number of aliphatic hydroxyl groups is 1. The van der Waals surface area contributed by atoms with Crippen molar-refractivity contribution in [1.82, 2.24) is 0 Å². The lowest BCUT2D eigenvalue weighted by molar-refractivity contribution is -0.388. The maximum atomic E-state index is 9.98. The molecule has 5 heteroatoms. The number of hydrogen-bond donors (Lipinski definition) is 1. The molecule has 2 heterocycles. The fourth-order valence-corrected chi connectivity index (χ4v) is 2.15. The lowest BCUT2D eigenvalue weighted by Gasteiger charge is -2.52. The monoisotopic (exact) mass is 204 g/mol. The normalized spacial score (nSPS) is 52.3. The third-order valence-electron chi connectivity index (χ3n) is 2.89. The summed E-state index contributed by atoms with van der Waals surface area (Å²) in [5.41, 5.74) is 0. The molecule has 0 saturated carbocycles. The van der Waals surface area contributed by atoms with Gasteiger partial charge in [0.2, 0.25) is 0 Å². The van der Waals surface area contributed by atoms with E-state index in [1.807, 2.05) is 0 Å². The van der Waals surface area contributed by atoms with E-state index in [9.17, 15) is 5.11 Å². The molecule has 14 heavy (non-hydrogen) atoms. The van der Waals surface area contributed by atoms with Crippen molar-refractivity contribution in [3.05, 3.63) is 0 Å². The zero-order valence-corrected chi connectivity index (χ0v) is 8.60. The van der Waals surface area contributed by atoms with Crippen LogP contribution in [0.1, 0.15) is 6.92 Å². The third-order valence-corrected chi connectivity index (χ3v) is 2.89. The Morgan fingerprint density at radius 1 is 1.36 bits per heavy atom. The van der Waals surface area contributed by atoms with E-state index in [-0.39, 0.29) is 18.3 Å². The minimum absolute atomic E-state index is 0.0821. The van der Waals surface area contributed by atoms with Gasteiger partial charge in [-0.1, -0.05) is 0 Å². The molecule has 0 aromatic carbocycles. The number of rotatable bonds is 2. The Balaban J connectivity index is 2.17. The summed E-state index contributed by atoms with van der Waals surface area (Å²) in [6, 6.07) is 0. The van der Waals surface area contributed by atoms with Gasteiger partial charge in [-0.25, -0.2) is 0 Å². The molecule has 0 bridgehead atoms. The highest BCUT2D eigenvalue weighted by molar-refractivity contribution is 5.00. The van der Waals surface area contributed by atoms with Crippen molar-refractivity contribution in [2.24, 2.45) is 0 Å². The van der Waals surface area contributed by atoms with Gasteiger partial charge in [-0.15, -0.1) is 0 Å². The Kier molecular flexibility index (Phi) is 2.53. The lowest BCUT2D eigenvalue weighted by atomic mass is 9.90. The van der Waals surface area contributed by atoms with Crippen molar-refractivity contribution in [3.63, 3.8) is 0 Å². The van der Waals surface area contributed by atoms with Crippen LogP contribution in [0.2, 0.25) is 0 Å². The first kappa shape index (κ1) is 10.3. The average molecular weight is 204 g/mol. The molecule has 0 aliphatic carbocycles. The van der Waals surface area contributed by atoms with Gasteiger partial charge >= 0.3 is 0 Å². The number of fused-ring (bicyclic) bond motifs is 1. The fourth-order valence-electron chi connectivity index (χ4n) is 2.15. The second-order valence-electron chi connectivity index (χ2n) is 3.87. The highest BCUT2D eigenvalue weighted by atomic mass is 16.7. The largest absolute Gasteiger partial charge is 0.376 e. The molecular weight excluding hydrogens is 188 g/mol. The summed E-state index contributed by atoms with van der Waals surface area (Å²) >= 11 is 0. The Morgan fingerprint density at radius 3 is 2.50 bits per heavy atom. The quantitative estimate of drug-likeness (QED) is 0.658. The van der Waals surface area contributed by atoms with Gasteiger partial charge in [-0.3, -0.25) is 0 Å². The van der Waals surface area contributed by atoms with Crippen LogP contribution in [-0.2, 0) is 18.9 Å². The highest BCUT2D eigenvalue weighted by Crippen LogP contribution is 2.37. The van der Waals surface area contributed by atoms with Gasteiger partial charge in [0.15, 0.2) is 5.79 Å². The number of ether oxygens (including phenoxy) is 4. The summed E-state index contributed by atoms with van der Waals surface area (Å²) in [7, 11) is 3.10. The van der Waals surface area contributed by atoms with E-state index < -0.39 is 11.9 Å². The van der Waals surface area contributed by atoms with E-state index in [1.54, 1.807) is 14.0 Å². The van der Waals surface area contributed by atoms with E-state index in [2.05, 4.69) is 0 Å². The SMILES string of the molecule is CO[C@H]1[C@H]2OC[C@H]2O[C@](C)(O)[C@@H]1OC. The summed E-state index contributed by atoms with van der Waals surface area (Å²) in [6.07, 6.45) is -0.997. The molecule has 0 aromatic rings. The van der Waals surface area contributed by atoms with Crippen LogP contribution in [0.15, 0.2) is 0 Å². The molecule has 5 atom stereocenters. The van der Waals surface area contributed by atoms with Crippen molar-refractivity contribution >= 4 is 0 Å². The first-order valence-electron chi connectivity index (χ1n) is 4.67. The van der Waals surface area contributed by atoms with Gasteiger partial charge in [0, 0.05) is 14.2 Å². The van der Waals surface area contributed by atoms with Crippen LogP contribution >= 0.6 is 0 Å². The molecule has 0 amide bonds. The van der Waals surface area contributed by atoms with E-state index in [4.69, 9.17) is 18.9 Å². The molecule has 1 N–H and O–H groups in total. The molecule has 82 valence electrons. The summed E-state index contributed by atoms with van der Waals surface area (Å²) in [5, 5.41) is 9.98. The third kappa shape index (κ3) is 1.36. The Bertz CT molecular complexity index is 217. The molecule has 2 rings (SSSR count). The molecule has 0 unspecified atom stereocenters. The Hall–Kier alpha value is -0.200. The molecule has 2 aliphatic heterocycles. The number of hydrogen-bond acceptors (Lipinski definition) is 5. The summed E-state index contributed by atoms with van der Waals surface area (Å²) in [4.78, 5) is 0. The van der Waals surface area contributed by atoms with Crippen molar-refractivity contribution in [2.45, 2.75) is 37.1 Å². The fraction of sp³-hybridized carbons (Fsp3) is 1.00. The molecule has 2 fully saturated rings. The van der Waals surface area contributed by atoms with E-state index in [1.165, 1.54) is 7.11 Å². The van der Waals surface area contributed by atoms with Gasteiger partial charge in [0.05, 0.1) is 6.61 Å². The van der Waals surface area contributed by atoms with Crippen molar-refractivity contribution in [3.8, 4) is 0 Å². The van der Waals surface area contributed by atoms with Crippen LogP contribution in [0.3, 0.4) is 0 Å². The second kappa shape index (κ2) is 3.43. The maximum Gasteiger partial charge on any atom is 0.192 e. The topological polar surface area (TPSA) is 57.2 Å². The van der Waals surface area contributed by atoms with Crippen LogP contribution in [0, 0.1) is 0 Å². The zero-order chi connectivity index (χ0) is 10.3. The van der Waals surface area contributed by atoms with E-state index in [0.29, 0.717) is 6.61 Å². The predicted octanol–water partition coefficient (Wildman–Crippen LogP) is -0.477. The first-order valence-corrected chi connectivity index (χ1v) is 4.67. The molecule has 2 saturated heterocycles. The molecule has 2 aliphatic rings. The van der Waals surface area contributed by atoms with Crippen LogP contribution < -0.4 is 0 Å². The first-order chi connectivity index (χ1) is 6.60. The van der Waals surface area contributed by atoms with Gasteiger partial charge in [0.1, 0.15) is 24.4 Å². The predicted molar refractivity (Wildman–Crippen MR) is 46.8 cm³/mol. The smallest absolute Gasteiger partial charge is 0.192 e. The van der Waals surface area contributed by atoms with E-state index >= 15 is 0 Å². The van der Waals surface area contributed by atoms with Gasteiger partial charge in [-0.2, -0.15) is 0 Å². The Labute approximate surface area is 82.9 Å². The van der Waals surface area contributed by atoms with E-state index in [0.717, 1.165) is 0 Å². The van der Waals surface area contributed by atoms with Crippen molar-refractivity contribution in [1.29, 1.82) is 0 Å². The molecule has 5 nitrogen and oxygen atoms in total. The van der Waals surface area contributed by atoms with Crippen LogP contribution in [0.5, 0.6) is 0 Å². The standard InChI is InChI=1S/C9H16O5/c1-9(10)8(12-3)7(11-2)6-5(14-9)4-13-6/h5-8,10H,4H2,1-3H3/t5-,6+,7+,8-,9+/m1/s1. The minimum Gasteiger partial charge on any atom is -0.376 e. The highest BCUT2D eigenvalue weighted by Gasteiger charge is 2.56. The van der Waals surface area contributed by atoms with Gasteiger partial charge in [-0.05, 0) is 6.92 Å². The van der Waals surface area contributed by atoms with Crippen LogP contribution in [-0.4, -0.2) is 56.1 Å². The average Bonchev–Trinajstić information content (AvgIpc) is 2.10. The van der Waals surface area contributed by atoms with Crippen molar-refractivity contribution in [2.75, 3.05) is 20.8 Å². The summed E-state index contributed by atoms with van der Waals surface area (Å²) < 4.78 is 21.2. The van der Waals surface area contributed by atoms with Gasteiger partial charge in [0.25, 0.3) is 0 Å². The Morgan fingerprint density at radius 2 is 2.07 bits per heavy atom. The maximum absolute atomic E-state index is 9.98. The minimum atomic E-state index is -1.31. The number of methoxy groups -OCH3 is 2. The summed E-state index contributed by atoms with van der Waals surface area (Å²) in [6.45, 7) is 2.10. The summed E-state index contributed by atoms with van der Waals surface area (Å²) in [5.74, 6) is -1.31. The molecule has 0 spiro atoms. The molecule has 0 aromatic heterocycles. The molecule has 0 radical (unpaired) electrons. The van der Waals surface area contributed by atoms with Crippen molar-refractivity contribution < 1.29 is 24.1 Å². The zero-order valence-electron chi connectivity index (χ0n) is 8.60. The van der Waals surface area contributed by atoms with Crippen LogP contribution in [0.25, 0.3) is 0 Å². The van der Waals surface area contributed by atoms with Gasteiger partial charge < -0.3 is 24.1 Å². The second-order valence-corrected chi connectivity index (χ2v) is 3.87.